The highest BCUT2D eigenvalue weighted by atomic mass is 16.5. The Morgan fingerprint density at radius 1 is 1.10 bits per heavy atom. The molecule has 0 heterocycles. The fourth-order valence-electron chi connectivity index (χ4n) is 1.72. The molecule has 5 nitrogen and oxygen atoms in total. The molecular weight excluding hydrogens is 266 g/mol. The van der Waals surface area contributed by atoms with E-state index in [0.717, 1.165) is 11.3 Å². The smallest absolute Gasteiger partial charge is 0.414 e. The number of benzene rings is 2. The highest BCUT2D eigenvalue weighted by Gasteiger charge is 2.11. The molecule has 1 amide bonds. The van der Waals surface area contributed by atoms with Crippen LogP contribution >= 0.6 is 0 Å². The van der Waals surface area contributed by atoms with E-state index in [1.54, 1.807) is 11.9 Å². The minimum atomic E-state index is -0.647. The second-order valence-corrected chi connectivity index (χ2v) is 4.43. The summed E-state index contributed by atoms with van der Waals surface area (Å²) in [7, 11) is 1.70. The molecule has 0 saturated heterocycles. The monoisotopic (exact) mass is 283 g/mol. The van der Waals surface area contributed by atoms with Gasteiger partial charge in [-0.1, -0.05) is 48.5 Å². The number of hydrogen-bond acceptors (Lipinski definition) is 3. The average Bonchev–Trinajstić information content (AvgIpc) is 2.54. The van der Waals surface area contributed by atoms with Crippen molar-refractivity contribution in [3.63, 3.8) is 0 Å². The van der Waals surface area contributed by atoms with E-state index in [1.165, 1.54) is 0 Å². The van der Waals surface area contributed by atoms with Crippen LogP contribution in [0.4, 0.5) is 10.5 Å². The van der Waals surface area contributed by atoms with Gasteiger partial charge >= 0.3 is 6.09 Å². The van der Waals surface area contributed by atoms with Gasteiger partial charge in [0.1, 0.15) is 6.61 Å². The first-order valence-electron chi connectivity index (χ1n) is 6.52. The Morgan fingerprint density at radius 2 is 1.67 bits per heavy atom. The Kier molecular flexibility index (Phi) is 4.93. The zero-order valence-corrected chi connectivity index (χ0v) is 11.7. The van der Waals surface area contributed by atoms with E-state index in [4.69, 9.17) is 10.1 Å². The molecule has 0 saturated carbocycles. The predicted molar refractivity (Wildman–Crippen MR) is 82.3 cm³/mol. The molecular formula is C16H17N3O2. The van der Waals surface area contributed by atoms with Gasteiger partial charge in [0.15, 0.2) is 0 Å². The predicted octanol–water partition coefficient (Wildman–Crippen LogP) is 2.98. The first kappa shape index (κ1) is 14.6. The van der Waals surface area contributed by atoms with Gasteiger partial charge in [0, 0.05) is 12.7 Å². The highest BCUT2D eigenvalue weighted by Crippen LogP contribution is 2.10. The van der Waals surface area contributed by atoms with Crippen LogP contribution in [0.5, 0.6) is 0 Å². The molecule has 0 aromatic heterocycles. The minimum Gasteiger partial charge on any atom is -0.444 e. The Hall–Kier alpha value is -2.82. The fourth-order valence-corrected chi connectivity index (χ4v) is 1.72. The number of ether oxygens (including phenoxy) is 1. The second kappa shape index (κ2) is 7.09. The van der Waals surface area contributed by atoms with Crippen molar-refractivity contribution in [2.24, 2.45) is 0 Å². The number of nitrogens with one attached hydrogen (secondary N) is 2. The molecule has 2 rings (SSSR count). The summed E-state index contributed by atoms with van der Waals surface area (Å²) in [6.07, 6.45) is -0.647. The largest absolute Gasteiger partial charge is 0.444 e. The van der Waals surface area contributed by atoms with Crippen molar-refractivity contribution in [3.8, 4) is 0 Å². The first-order chi connectivity index (χ1) is 10.2. The van der Waals surface area contributed by atoms with Gasteiger partial charge in [0.25, 0.3) is 0 Å². The third kappa shape index (κ3) is 4.35. The molecule has 0 unspecified atom stereocenters. The van der Waals surface area contributed by atoms with E-state index in [2.05, 4.69) is 5.32 Å². The average molecular weight is 283 g/mol. The van der Waals surface area contributed by atoms with Gasteiger partial charge in [0.2, 0.25) is 5.96 Å². The maximum absolute atomic E-state index is 11.7. The van der Waals surface area contributed by atoms with E-state index in [1.807, 2.05) is 60.7 Å². The van der Waals surface area contributed by atoms with Crippen LogP contribution in [0.15, 0.2) is 60.7 Å². The molecule has 0 bridgehead atoms. The number of guanidine groups is 1. The molecule has 108 valence electrons. The first-order valence-corrected chi connectivity index (χ1v) is 6.52. The quantitative estimate of drug-likeness (QED) is 0.672. The van der Waals surface area contributed by atoms with Crippen LogP contribution in [0, 0.1) is 5.41 Å². The molecule has 0 atom stereocenters. The van der Waals surface area contributed by atoms with Crippen LogP contribution < -0.4 is 10.2 Å². The SMILES string of the molecule is CN(C(=N)NC(=O)OCc1ccccc1)c1ccccc1. The van der Waals surface area contributed by atoms with Crippen molar-refractivity contribution < 1.29 is 9.53 Å². The molecule has 0 spiro atoms. The topological polar surface area (TPSA) is 65.4 Å². The summed E-state index contributed by atoms with van der Waals surface area (Å²) in [6, 6.07) is 18.7. The van der Waals surface area contributed by atoms with Gasteiger partial charge in [-0.05, 0) is 17.7 Å². The van der Waals surface area contributed by atoms with Gasteiger partial charge in [0.05, 0.1) is 0 Å². The third-order valence-corrected chi connectivity index (χ3v) is 2.91. The summed E-state index contributed by atoms with van der Waals surface area (Å²) < 4.78 is 5.07. The maximum atomic E-state index is 11.7. The summed E-state index contributed by atoms with van der Waals surface area (Å²) in [6.45, 7) is 0.176. The number of amides is 1. The van der Waals surface area contributed by atoms with E-state index in [0.29, 0.717) is 0 Å². The summed E-state index contributed by atoms with van der Waals surface area (Å²) in [5.74, 6) is -0.0424. The van der Waals surface area contributed by atoms with E-state index >= 15 is 0 Å². The lowest BCUT2D eigenvalue weighted by Gasteiger charge is -2.19. The zero-order valence-electron chi connectivity index (χ0n) is 11.7. The molecule has 5 heteroatoms. The fraction of sp³-hybridized carbons (Fsp3) is 0.125. The van der Waals surface area contributed by atoms with Gasteiger partial charge in [-0.15, -0.1) is 0 Å². The number of carbonyl (C=O) groups excluding carboxylic acids is 1. The lowest BCUT2D eigenvalue weighted by Crippen LogP contribution is -2.41. The molecule has 0 radical (unpaired) electrons. The Bertz CT molecular complexity index is 599. The molecule has 0 aliphatic carbocycles. The maximum Gasteiger partial charge on any atom is 0.414 e. The van der Waals surface area contributed by atoms with Crippen LogP contribution in [0.2, 0.25) is 0 Å². The van der Waals surface area contributed by atoms with Crippen LogP contribution in [-0.4, -0.2) is 19.1 Å². The standard InChI is InChI=1S/C16H17N3O2/c1-19(14-10-6-3-7-11-14)15(17)18-16(20)21-12-13-8-4-2-5-9-13/h2-11H,12H2,1H3,(H2,17,18,20). The summed E-state index contributed by atoms with van der Waals surface area (Å²) in [5.41, 5.74) is 1.71. The summed E-state index contributed by atoms with van der Waals surface area (Å²) in [4.78, 5) is 13.2. The second-order valence-electron chi connectivity index (χ2n) is 4.43. The van der Waals surface area contributed by atoms with Crippen LogP contribution in [-0.2, 0) is 11.3 Å². The molecule has 2 N–H and O–H groups in total. The van der Waals surface area contributed by atoms with E-state index < -0.39 is 6.09 Å². The number of alkyl carbamates (subject to hydrolysis) is 1. The number of hydrogen-bond donors (Lipinski definition) is 2. The molecule has 2 aromatic carbocycles. The highest BCUT2D eigenvalue weighted by molar-refractivity contribution is 6.01. The Labute approximate surface area is 123 Å². The number of anilines is 1. The molecule has 21 heavy (non-hydrogen) atoms. The summed E-state index contributed by atoms with van der Waals surface area (Å²) >= 11 is 0. The normalized spacial score (nSPS) is 9.76. The number of nitrogens with zero attached hydrogens (tertiary/aromatic N) is 1. The zero-order chi connectivity index (χ0) is 15.1. The van der Waals surface area contributed by atoms with E-state index in [-0.39, 0.29) is 12.6 Å². The lowest BCUT2D eigenvalue weighted by molar-refractivity contribution is 0.145. The lowest BCUT2D eigenvalue weighted by atomic mass is 10.2. The molecule has 0 aliphatic rings. The van der Waals surface area contributed by atoms with E-state index in [9.17, 15) is 4.79 Å². The number of para-hydroxylation sites is 1. The van der Waals surface area contributed by atoms with Gasteiger partial charge in [-0.3, -0.25) is 10.7 Å². The van der Waals surface area contributed by atoms with Crippen molar-refractivity contribution in [1.82, 2.24) is 5.32 Å². The van der Waals surface area contributed by atoms with Crippen molar-refractivity contribution in [2.75, 3.05) is 11.9 Å². The van der Waals surface area contributed by atoms with Crippen LogP contribution in [0.3, 0.4) is 0 Å². The molecule has 2 aromatic rings. The van der Waals surface area contributed by atoms with Gasteiger partial charge in [-0.25, -0.2) is 4.79 Å². The van der Waals surface area contributed by atoms with Crippen LogP contribution in [0.1, 0.15) is 5.56 Å². The number of rotatable bonds is 3. The number of carbonyl (C=O) groups is 1. The van der Waals surface area contributed by atoms with Crippen molar-refractivity contribution in [2.45, 2.75) is 6.61 Å². The Balaban J connectivity index is 1.83. The third-order valence-electron chi connectivity index (χ3n) is 2.91. The van der Waals surface area contributed by atoms with Crippen molar-refractivity contribution in [3.05, 3.63) is 66.2 Å². The molecule has 0 aliphatic heterocycles. The van der Waals surface area contributed by atoms with Gasteiger partial charge < -0.3 is 9.64 Å². The summed E-state index contributed by atoms with van der Waals surface area (Å²) in [5, 5.41) is 10.3. The Morgan fingerprint density at radius 3 is 2.29 bits per heavy atom. The van der Waals surface area contributed by atoms with Crippen LogP contribution in [0.25, 0.3) is 0 Å². The van der Waals surface area contributed by atoms with Crippen molar-refractivity contribution >= 4 is 17.7 Å². The molecule has 0 fully saturated rings. The minimum absolute atomic E-state index is 0.0424. The van der Waals surface area contributed by atoms with Gasteiger partial charge in [-0.2, -0.15) is 0 Å². The van der Waals surface area contributed by atoms with Crippen molar-refractivity contribution in [1.29, 1.82) is 5.41 Å².